The van der Waals surface area contributed by atoms with Crippen LogP contribution in [-0.2, 0) is 0 Å². The lowest BCUT2D eigenvalue weighted by Crippen LogP contribution is -2.24. The normalized spacial score (nSPS) is 12.6. The molecule has 1 aromatic carbocycles. The van der Waals surface area contributed by atoms with E-state index in [0.717, 1.165) is 29.1 Å². The van der Waals surface area contributed by atoms with Crippen LogP contribution in [0.5, 0.6) is 0 Å². The highest BCUT2D eigenvalue weighted by Gasteiger charge is 2.19. The van der Waals surface area contributed by atoms with Crippen LogP contribution in [-0.4, -0.2) is 44.3 Å². The average Bonchev–Trinajstić information content (AvgIpc) is 3.09. The van der Waals surface area contributed by atoms with Crippen molar-refractivity contribution in [2.75, 3.05) is 23.9 Å². The van der Waals surface area contributed by atoms with Crippen molar-refractivity contribution in [3.05, 3.63) is 36.2 Å². The Morgan fingerprint density at radius 2 is 2.04 bits per heavy atom. The number of fused-ring (bicyclic) bond motifs is 1. The third kappa shape index (κ3) is 3.88. The van der Waals surface area contributed by atoms with Crippen molar-refractivity contribution in [3.8, 4) is 0 Å². The molecular weight excluding hydrogens is 340 g/mol. The zero-order valence-electron chi connectivity index (χ0n) is 16.6. The fourth-order valence-electron chi connectivity index (χ4n) is 3.00. The molecule has 7 nitrogen and oxygen atoms in total. The summed E-state index contributed by atoms with van der Waals surface area (Å²) in [4.78, 5) is 16.0. The van der Waals surface area contributed by atoms with Crippen molar-refractivity contribution in [3.63, 3.8) is 0 Å². The molecule has 3 aromatic rings. The Balaban J connectivity index is 2.14. The highest BCUT2D eigenvalue weighted by atomic mass is 16.3. The number of aromatic nitrogens is 4. The first-order valence-electron chi connectivity index (χ1n) is 9.37. The van der Waals surface area contributed by atoms with Crippen molar-refractivity contribution in [2.24, 2.45) is 0 Å². The van der Waals surface area contributed by atoms with Gasteiger partial charge in [0, 0.05) is 18.8 Å². The summed E-state index contributed by atoms with van der Waals surface area (Å²) in [6.45, 7) is 8.32. The smallest absolute Gasteiger partial charge is 0.227 e. The van der Waals surface area contributed by atoms with E-state index in [1.54, 1.807) is 0 Å². The Morgan fingerprint density at radius 1 is 1.26 bits per heavy atom. The molecule has 2 N–H and O–H groups in total. The molecular formula is C20H28N6O. The minimum absolute atomic E-state index is 0.0321. The fraction of sp³-hybridized carbons (Fsp3) is 0.450. The molecule has 0 aliphatic carbocycles. The Kier molecular flexibility index (Phi) is 5.60. The first-order valence-corrected chi connectivity index (χ1v) is 9.37. The lowest BCUT2D eigenvalue weighted by molar-refractivity contribution is 0.271. The number of hydrogen-bond acceptors (Lipinski definition) is 6. The van der Waals surface area contributed by atoms with Gasteiger partial charge in [-0.3, -0.25) is 0 Å². The number of hydrogen-bond donors (Lipinski definition) is 2. The predicted octanol–water partition coefficient (Wildman–Crippen LogP) is 3.67. The van der Waals surface area contributed by atoms with Gasteiger partial charge < -0.3 is 19.9 Å². The quantitative estimate of drug-likeness (QED) is 0.662. The number of nitrogens with one attached hydrogen (secondary N) is 1. The topological polar surface area (TPSA) is 79.1 Å². The molecule has 144 valence electrons. The highest BCUT2D eigenvalue weighted by Crippen LogP contribution is 2.30. The minimum Gasteiger partial charge on any atom is -0.394 e. The van der Waals surface area contributed by atoms with Gasteiger partial charge in [-0.15, -0.1) is 0 Å². The predicted molar refractivity (Wildman–Crippen MR) is 110 cm³/mol. The maximum Gasteiger partial charge on any atom is 0.227 e. The molecule has 1 atom stereocenters. The van der Waals surface area contributed by atoms with Crippen LogP contribution >= 0.6 is 0 Å². The molecule has 0 bridgehead atoms. The van der Waals surface area contributed by atoms with Crippen molar-refractivity contribution in [1.82, 2.24) is 19.5 Å². The van der Waals surface area contributed by atoms with Gasteiger partial charge in [0.25, 0.3) is 0 Å². The van der Waals surface area contributed by atoms with E-state index in [9.17, 15) is 5.11 Å². The highest BCUT2D eigenvalue weighted by molar-refractivity contribution is 5.87. The van der Waals surface area contributed by atoms with E-state index in [-0.39, 0.29) is 18.7 Å². The number of nitrogens with zero attached hydrogens (tertiary/aromatic N) is 5. The number of rotatable bonds is 7. The fourth-order valence-corrected chi connectivity index (χ4v) is 3.00. The van der Waals surface area contributed by atoms with Gasteiger partial charge >= 0.3 is 0 Å². The molecule has 0 aliphatic heterocycles. The van der Waals surface area contributed by atoms with E-state index < -0.39 is 0 Å². The Bertz CT molecular complexity index is 916. The van der Waals surface area contributed by atoms with Gasteiger partial charge in [-0.2, -0.15) is 9.97 Å². The van der Waals surface area contributed by atoms with E-state index in [4.69, 9.17) is 4.98 Å². The van der Waals surface area contributed by atoms with Crippen molar-refractivity contribution in [2.45, 2.75) is 46.2 Å². The van der Waals surface area contributed by atoms with Crippen molar-refractivity contribution >= 4 is 28.6 Å². The Morgan fingerprint density at radius 3 is 2.67 bits per heavy atom. The van der Waals surface area contributed by atoms with Crippen LogP contribution in [0.25, 0.3) is 11.2 Å². The summed E-state index contributed by atoms with van der Waals surface area (Å²) >= 11 is 0. The third-order valence-corrected chi connectivity index (χ3v) is 4.71. The Hall–Kier alpha value is -2.67. The van der Waals surface area contributed by atoms with E-state index >= 15 is 0 Å². The van der Waals surface area contributed by atoms with E-state index in [1.807, 2.05) is 35.8 Å². The Labute approximate surface area is 160 Å². The van der Waals surface area contributed by atoms with Crippen LogP contribution in [0.3, 0.4) is 0 Å². The first kappa shape index (κ1) is 19.1. The lowest BCUT2D eigenvalue weighted by Gasteiger charge is -2.21. The van der Waals surface area contributed by atoms with Gasteiger partial charge in [-0.25, -0.2) is 4.98 Å². The molecule has 0 spiro atoms. The van der Waals surface area contributed by atoms with Crippen LogP contribution in [0.2, 0.25) is 0 Å². The molecule has 0 aliphatic rings. The van der Waals surface area contributed by atoms with Crippen molar-refractivity contribution < 1.29 is 5.11 Å². The second kappa shape index (κ2) is 7.92. The van der Waals surface area contributed by atoms with Crippen LogP contribution in [0.4, 0.5) is 17.5 Å². The second-order valence-electron chi connectivity index (χ2n) is 7.12. The summed E-state index contributed by atoms with van der Waals surface area (Å²) in [5.74, 6) is 1.24. The van der Waals surface area contributed by atoms with E-state index in [0.29, 0.717) is 5.95 Å². The molecule has 0 radical (unpaired) electrons. The number of imidazole rings is 1. The van der Waals surface area contributed by atoms with E-state index in [2.05, 4.69) is 54.3 Å². The van der Waals surface area contributed by atoms with Gasteiger partial charge in [-0.1, -0.05) is 19.1 Å². The molecule has 7 heteroatoms. The van der Waals surface area contributed by atoms with Gasteiger partial charge in [0.05, 0.1) is 19.0 Å². The van der Waals surface area contributed by atoms with Crippen LogP contribution in [0, 0.1) is 6.92 Å². The van der Waals surface area contributed by atoms with Crippen LogP contribution in [0.1, 0.15) is 38.8 Å². The van der Waals surface area contributed by atoms with Crippen molar-refractivity contribution in [1.29, 1.82) is 0 Å². The molecule has 0 fully saturated rings. The molecule has 0 saturated heterocycles. The lowest BCUT2D eigenvalue weighted by atomic mass is 10.2. The number of aryl methyl sites for hydroxylation is 1. The standard InChI is InChI=1S/C20H28N6O/c1-6-15(11-27)22-20-23-18(25(5)16-9-7-8-14(4)10-16)17-19(24-20)26(12-21-17)13(2)3/h7-10,12-13,15,27H,6,11H2,1-5H3,(H,22,23,24)/t15-/m1/s1. The maximum absolute atomic E-state index is 9.54. The minimum atomic E-state index is -0.0880. The molecule has 0 saturated carbocycles. The van der Waals surface area contributed by atoms with Gasteiger partial charge in [-0.05, 0) is 44.9 Å². The maximum atomic E-state index is 9.54. The summed E-state index contributed by atoms with van der Waals surface area (Å²) in [6.07, 6.45) is 2.59. The van der Waals surface area contributed by atoms with Gasteiger partial charge in [0.1, 0.15) is 0 Å². The third-order valence-electron chi connectivity index (χ3n) is 4.71. The summed E-state index contributed by atoms with van der Waals surface area (Å²) < 4.78 is 2.04. The molecule has 0 amide bonds. The summed E-state index contributed by atoms with van der Waals surface area (Å²) in [5, 5.41) is 12.8. The number of aliphatic hydroxyl groups is 1. The SMILES string of the molecule is CC[C@H](CO)Nc1nc(N(C)c2cccc(C)c2)c2ncn(C(C)C)c2n1. The number of anilines is 3. The monoisotopic (exact) mass is 368 g/mol. The molecule has 2 heterocycles. The zero-order valence-corrected chi connectivity index (χ0v) is 16.6. The van der Waals surface area contributed by atoms with Gasteiger partial charge in [0.2, 0.25) is 5.95 Å². The summed E-state index contributed by atoms with van der Waals surface area (Å²) in [5.41, 5.74) is 3.76. The van der Waals surface area contributed by atoms with E-state index in [1.165, 1.54) is 5.56 Å². The molecule has 3 rings (SSSR count). The number of aliphatic hydroxyl groups excluding tert-OH is 1. The zero-order chi connectivity index (χ0) is 19.6. The average molecular weight is 368 g/mol. The first-order chi connectivity index (χ1) is 12.9. The molecule has 27 heavy (non-hydrogen) atoms. The number of benzene rings is 1. The summed E-state index contributed by atoms with van der Waals surface area (Å²) in [7, 11) is 1.98. The van der Waals surface area contributed by atoms with Crippen LogP contribution in [0.15, 0.2) is 30.6 Å². The largest absolute Gasteiger partial charge is 0.394 e. The molecule has 0 unspecified atom stereocenters. The summed E-state index contributed by atoms with van der Waals surface area (Å²) in [6, 6.07) is 8.41. The second-order valence-corrected chi connectivity index (χ2v) is 7.12. The van der Waals surface area contributed by atoms with Crippen LogP contribution < -0.4 is 10.2 Å². The molecule has 2 aromatic heterocycles. The van der Waals surface area contributed by atoms with Gasteiger partial charge in [0.15, 0.2) is 17.0 Å².